The topological polar surface area (TPSA) is 70.0 Å². The molecule has 0 radical (unpaired) electrons. The number of nitrogens with zero attached hydrogens (tertiary/aromatic N) is 4. The molecule has 3 rings (SSSR count). The highest BCUT2D eigenvalue weighted by Gasteiger charge is 2.12. The molecular weight excluding hydrogens is 278 g/mol. The smallest absolute Gasteiger partial charge is 0.120 e. The number of hydrogen-bond acceptors (Lipinski definition) is 4. The third-order valence-electron chi connectivity index (χ3n) is 3.45. The van der Waals surface area contributed by atoms with E-state index in [4.69, 9.17) is 0 Å². The van der Waals surface area contributed by atoms with Gasteiger partial charge in [-0.15, -0.1) is 0 Å². The molecule has 2 aromatic heterocycles. The Bertz CT molecular complexity index is 678. The zero-order chi connectivity index (χ0) is 15.2. The van der Waals surface area contributed by atoms with E-state index >= 15 is 0 Å². The van der Waals surface area contributed by atoms with Crippen LogP contribution < -0.4 is 0 Å². The van der Waals surface area contributed by atoms with Crippen molar-refractivity contribution in [3.63, 3.8) is 0 Å². The summed E-state index contributed by atoms with van der Waals surface area (Å²) in [7, 11) is 0. The molecule has 22 heavy (non-hydrogen) atoms. The number of aromatic nitrogens is 4. The second kappa shape index (κ2) is 7.02. The highest BCUT2D eigenvalue weighted by Crippen LogP contribution is 2.13. The van der Waals surface area contributed by atoms with Crippen molar-refractivity contribution in [1.29, 1.82) is 0 Å². The third kappa shape index (κ3) is 3.41. The van der Waals surface area contributed by atoms with Crippen LogP contribution in [0.2, 0.25) is 0 Å². The molecule has 6 nitrogen and oxygen atoms in total. The van der Waals surface area contributed by atoms with Crippen LogP contribution in [-0.4, -0.2) is 42.9 Å². The molecule has 0 amide bonds. The number of rotatable bonds is 7. The monoisotopic (exact) mass is 297 g/mol. The van der Waals surface area contributed by atoms with E-state index < -0.39 is 0 Å². The molecule has 3 aromatic rings. The summed E-state index contributed by atoms with van der Waals surface area (Å²) in [6.45, 7) is 2.05. The SMILES string of the molecule is OCCN(Cc1ncc[nH]1)Cc1ccnn1-c1ccccc1. The van der Waals surface area contributed by atoms with Gasteiger partial charge in [0.2, 0.25) is 0 Å². The average Bonchev–Trinajstić information content (AvgIpc) is 3.20. The lowest BCUT2D eigenvalue weighted by Crippen LogP contribution is -2.27. The van der Waals surface area contributed by atoms with Crippen LogP contribution in [-0.2, 0) is 13.1 Å². The first-order chi connectivity index (χ1) is 10.9. The minimum atomic E-state index is 0.111. The van der Waals surface area contributed by atoms with E-state index in [-0.39, 0.29) is 6.61 Å². The van der Waals surface area contributed by atoms with Gasteiger partial charge in [-0.25, -0.2) is 9.67 Å². The minimum absolute atomic E-state index is 0.111. The standard InChI is InChI=1S/C16H19N5O/c22-11-10-20(13-16-17-8-9-18-16)12-15-6-7-19-21(15)14-4-2-1-3-5-14/h1-9,22H,10-13H2,(H,17,18). The molecule has 0 aliphatic heterocycles. The maximum absolute atomic E-state index is 9.29. The second-order valence-electron chi connectivity index (χ2n) is 5.04. The third-order valence-corrected chi connectivity index (χ3v) is 3.45. The Morgan fingerprint density at radius 3 is 2.68 bits per heavy atom. The van der Waals surface area contributed by atoms with Crippen molar-refractivity contribution in [3.8, 4) is 5.69 Å². The molecule has 2 N–H and O–H groups in total. The van der Waals surface area contributed by atoms with E-state index in [1.165, 1.54) is 0 Å². The Balaban J connectivity index is 1.77. The lowest BCUT2D eigenvalue weighted by Gasteiger charge is -2.20. The van der Waals surface area contributed by atoms with Crippen molar-refractivity contribution < 1.29 is 5.11 Å². The van der Waals surface area contributed by atoms with Crippen molar-refractivity contribution in [2.45, 2.75) is 13.1 Å². The molecule has 0 saturated heterocycles. The van der Waals surface area contributed by atoms with Gasteiger partial charge in [0.25, 0.3) is 0 Å². The van der Waals surface area contributed by atoms with Crippen molar-refractivity contribution >= 4 is 0 Å². The van der Waals surface area contributed by atoms with Gasteiger partial charge in [0.05, 0.1) is 24.5 Å². The van der Waals surface area contributed by atoms with E-state index in [0.29, 0.717) is 19.6 Å². The van der Waals surface area contributed by atoms with Crippen LogP contribution in [0.5, 0.6) is 0 Å². The first-order valence-corrected chi connectivity index (χ1v) is 7.26. The molecule has 0 bridgehead atoms. The van der Waals surface area contributed by atoms with Gasteiger partial charge in [-0.1, -0.05) is 18.2 Å². The number of para-hydroxylation sites is 1. The highest BCUT2D eigenvalue weighted by molar-refractivity contribution is 5.32. The van der Waals surface area contributed by atoms with Crippen LogP contribution in [0.25, 0.3) is 5.69 Å². The Hall–Kier alpha value is -2.44. The Labute approximate surface area is 129 Å². The molecule has 0 aliphatic carbocycles. The van der Waals surface area contributed by atoms with Gasteiger partial charge in [-0.3, -0.25) is 4.90 Å². The van der Waals surface area contributed by atoms with Gasteiger partial charge in [-0.05, 0) is 18.2 Å². The normalized spacial score (nSPS) is 11.2. The molecule has 0 fully saturated rings. The maximum atomic E-state index is 9.29. The number of benzene rings is 1. The Morgan fingerprint density at radius 1 is 1.09 bits per heavy atom. The van der Waals surface area contributed by atoms with Gasteiger partial charge in [0.15, 0.2) is 0 Å². The van der Waals surface area contributed by atoms with E-state index in [1.807, 2.05) is 41.1 Å². The Morgan fingerprint density at radius 2 is 1.95 bits per heavy atom. The lowest BCUT2D eigenvalue weighted by molar-refractivity contribution is 0.179. The number of aliphatic hydroxyl groups is 1. The number of aromatic amines is 1. The summed E-state index contributed by atoms with van der Waals surface area (Å²) >= 11 is 0. The summed E-state index contributed by atoms with van der Waals surface area (Å²) < 4.78 is 1.92. The largest absolute Gasteiger partial charge is 0.395 e. The summed E-state index contributed by atoms with van der Waals surface area (Å²) in [5.74, 6) is 0.888. The van der Waals surface area contributed by atoms with Crippen LogP contribution in [0, 0.1) is 0 Å². The van der Waals surface area contributed by atoms with Crippen molar-refractivity contribution in [3.05, 3.63) is 66.5 Å². The summed E-state index contributed by atoms with van der Waals surface area (Å²) in [4.78, 5) is 9.48. The van der Waals surface area contributed by atoms with Crippen LogP contribution in [0.4, 0.5) is 0 Å². The first kappa shape index (κ1) is 14.5. The maximum Gasteiger partial charge on any atom is 0.120 e. The summed E-state index contributed by atoms with van der Waals surface area (Å²) in [5, 5.41) is 13.7. The van der Waals surface area contributed by atoms with E-state index in [1.54, 1.807) is 18.6 Å². The fourth-order valence-electron chi connectivity index (χ4n) is 2.43. The summed E-state index contributed by atoms with van der Waals surface area (Å²) in [6.07, 6.45) is 5.34. The fraction of sp³-hybridized carbons (Fsp3) is 0.250. The van der Waals surface area contributed by atoms with Crippen molar-refractivity contribution in [1.82, 2.24) is 24.6 Å². The predicted molar refractivity (Wildman–Crippen MR) is 83.4 cm³/mol. The van der Waals surface area contributed by atoms with E-state index in [0.717, 1.165) is 17.2 Å². The van der Waals surface area contributed by atoms with Crippen LogP contribution >= 0.6 is 0 Å². The number of hydrogen-bond donors (Lipinski definition) is 2. The van der Waals surface area contributed by atoms with Gasteiger partial charge in [0.1, 0.15) is 5.82 Å². The second-order valence-corrected chi connectivity index (χ2v) is 5.04. The molecule has 0 atom stereocenters. The van der Waals surface area contributed by atoms with Crippen LogP contribution in [0.15, 0.2) is 55.0 Å². The molecular formula is C16H19N5O. The molecule has 2 heterocycles. The molecule has 114 valence electrons. The number of H-pyrrole nitrogens is 1. The predicted octanol–water partition coefficient (Wildman–Crippen LogP) is 1.59. The number of aliphatic hydroxyl groups excluding tert-OH is 1. The average molecular weight is 297 g/mol. The quantitative estimate of drug-likeness (QED) is 0.695. The lowest BCUT2D eigenvalue weighted by atomic mass is 10.3. The number of nitrogens with one attached hydrogen (secondary N) is 1. The van der Waals surface area contributed by atoms with Crippen molar-refractivity contribution in [2.24, 2.45) is 0 Å². The zero-order valence-corrected chi connectivity index (χ0v) is 12.3. The van der Waals surface area contributed by atoms with Gasteiger partial charge in [-0.2, -0.15) is 5.10 Å². The van der Waals surface area contributed by atoms with Crippen molar-refractivity contribution in [2.75, 3.05) is 13.2 Å². The fourth-order valence-corrected chi connectivity index (χ4v) is 2.43. The highest BCUT2D eigenvalue weighted by atomic mass is 16.3. The van der Waals surface area contributed by atoms with Gasteiger partial charge >= 0.3 is 0 Å². The minimum Gasteiger partial charge on any atom is -0.395 e. The van der Waals surface area contributed by atoms with Gasteiger partial charge in [0, 0.05) is 31.7 Å². The summed E-state index contributed by atoms with van der Waals surface area (Å²) in [5.41, 5.74) is 2.11. The molecule has 0 unspecified atom stereocenters. The van der Waals surface area contributed by atoms with E-state index in [9.17, 15) is 5.11 Å². The van der Waals surface area contributed by atoms with Crippen LogP contribution in [0.1, 0.15) is 11.5 Å². The molecule has 0 aliphatic rings. The van der Waals surface area contributed by atoms with Crippen LogP contribution in [0.3, 0.4) is 0 Å². The number of imidazole rings is 1. The first-order valence-electron chi connectivity index (χ1n) is 7.26. The molecule has 1 aromatic carbocycles. The summed E-state index contributed by atoms with van der Waals surface area (Å²) in [6, 6.07) is 12.0. The molecule has 0 spiro atoms. The zero-order valence-electron chi connectivity index (χ0n) is 12.3. The van der Waals surface area contributed by atoms with E-state index in [2.05, 4.69) is 20.0 Å². The molecule has 6 heteroatoms. The Kier molecular flexibility index (Phi) is 4.62. The molecule has 0 saturated carbocycles. The van der Waals surface area contributed by atoms with Gasteiger partial charge < -0.3 is 10.1 Å².